The van der Waals surface area contributed by atoms with E-state index in [0.29, 0.717) is 34.3 Å². The van der Waals surface area contributed by atoms with Crippen LogP contribution in [0.1, 0.15) is 12.0 Å². The number of carbonyl (C=O) groups excluding carboxylic acids is 2. The number of fused-ring (bicyclic) bond motifs is 1. The fourth-order valence-electron chi connectivity index (χ4n) is 3.61. The van der Waals surface area contributed by atoms with Gasteiger partial charge in [-0.25, -0.2) is 0 Å². The van der Waals surface area contributed by atoms with E-state index in [0.717, 1.165) is 5.56 Å². The Balaban J connectivity index is 1.62. The van der Waals surface area contributed by atoms with Crippen LogP contribution in [-0.2, 0) is 9.59 Å². The van der Waals surface area contributed by atoms with E-state index in [1.807, 2.05) is 48.5 Å². The van der Waals surface area contributed by atoms with Crippen molar-refractivity contribution in [3.63, 3.8) is 0 Å². The summed E-state index contributed by atoms with van der Waals surface area (Å²) in [7, 11) is 3.03. The van der Waals surface area contributed by atoms with Crippen molar-refractivity contribution in [2.24, 2.45) is 4.99 Å². The minimum absolute atomic E-state index is 0.0873. The second-order valence-corrected chi connectivity index (χ2v) is 7.16. The molecule has 1 N–H and O–H groups in total. The van der Waals surface area contributed by atoms with Crippen LogP contribution in [0.25, 0.3) is 0 Å². The van der Waals surface area contributed by atoms with Gasteiger partial charge in [0.05, 0.1) is 37.7 Å². The van der Waals surface area contributed by atoms with Gasteiger partial charge < -0.3 is 19.7 Å². The van der Waals surface area contributed by atoms with Crippen molar-refractivity contribution in [1.29, 1.82) is 0 Å². The van der Waals surface area contributed by atoms with E-state index < -0.39 is 0 Å². The Labute approximate surface area is 186 Å². The summed E-state index contributed by atoms with van der Waals surface area (Å²) in [5.74, 6) is 0.351. The summed E-state index contributed by atoms with van der Waals surface area (Å²) in [4.78, 5) is 32.4. The molecule has 3 aromatic rings. The third-order valence-electron chi connectivity index (χ3n) is 5.15. The zero-order valence-electron chi connectivity index (χ0n) is 17.9. The number of hydrogen-bond acceptors (Lipinski definition) is 5. The molecule has 0 unspecified atom stereocenters. The van der Waals surface area contributed by atoms with E-state index in [-0.39, 0.29) is 24.8 Å². The lowest BCUT2D eigenvalue weighted by Gasteiger charge is -2.22. The SMILES string of the molecule is COc1cccc(OC)c1NC(=O)CN1C(=O)CC(c2ccccc2)=Nc2ccccc21. The molecule has 0 spiro atoms. The Kier molecular flexibility index (Phi) is 6.17. The molecule has 0 bridgehead atoms. The third kappa shape index (κ3) is 4.32. The van der Waals surface area contributed by atoms with E-state index in [4.69, 9.17) is 14.5 Å². The molecule has 1 heterocycles. The fourth-order valence-corrected chi connectivity index (χ4v) is 3.61. The van der Waals surface area contributed by atoms with Gasteiger partial charge >= 0.3 is 0 Å². The van der Waals surface area contributed by atoms with Crippen LogP contribution in [0.5, 0.6) is 11.5 Å². The minimum Gasteiger partial charge on any atom is -0.494 e. The van der Waals surface area contributed by atoms with Gasteiger partial charge in [0.25, 0.3) is 0 Å². The molecule has 0 aromatic heterocycles. The first kappa shape index (κ1) is 21.1. The smallest absolute Gasteiger partial charge is 0.244 e. The van der Waals surface area contributed by atoms with Crippen LogP contribution in [0.2, 0.25) is 0 Å². The molecule has 7 nitrogen and oxygen atoms in total. The maximum atomic E-state index is 13.2. The highest BCUT2D eigenvalue weighted by atomic mass is 16.5. The number of aliphatic imine (C=N–C) groups is 1. The molecular weight excluding hydrogens is 406 g/mol. The van der Waals surface area contributed by atoms with Crippen molar-refractivity contribution in [1.82, 2.24) is 0 Å². The third-order valence-corrected chi connectivity index (χ3v) is 5.15. The lowest BCUT2D eigenvalue weighted by molar-refractivity contribution is -0.120. The Morgan fingerprint density at radius 3 is 2.28 bits per heavy atom. The summed E-state index contributed by atoms with van der Waals surface area (Å²) in [6.07, 6.45) is 0.0873. The highest BCUT2D eigenvalue weighted by Gasteiger charge is 2.27. The van der Waals surface area contributed by atoms with Gasteiger partial charge in [0.1, 0.15) is 23.7 Å². The van der Waals surface area contributed by atoms with Crippen LogP contribution in [0.15, 0.2) is 77.8 Å². The molecule has 32 heavy (non-hydrogen) atoms. The van der Waals surface area contributed by atoms with Gasteiger partial charge in [-0.15, -0.1) is 0 Å². The molecule has 0 radical (unpaired) electrons. The largest absolute Gasteiger partial charge is 0.494 e. The van der Waals surface area contributed by atoms with Gasteiger partial charge in [-0.1, -0.05) is 48.5 Å². The number of amides is 2. The Hall–Kier alpha value is -4.13. The van der Waals surface area contributed by atoms with Crippen LogP contribution in [0.4, 0.5) is 17.1 Å². The van der Waals surface area contributed by atoms with Crippen LogP contribution in [0.3, 0.4) is 0 Å². The quantitative estimate of drug-likeness (QED) is 0.637. The number of methoxy groups -OCH3 is 2. The van der Waals surface area contributed by atoms with Gasteiger partial charge in [-0.05, 0) is 29.8 Å². The number of rotatable bonds is 6. The number of benzene rings is 3. The first-order valence-electron chi connectivity index (χ1n) is 10.1. The predicted molar refractivity (Wildman–Crippen MR) is 124 cm³/mol. The lowest BCUT2D eigenvalue weighted by Crippen LogP contribution is -2.38. The first-order chi connectivity index (χ1) is 15.6. The molecule has 1 aliphatic heterocycles. The van der Waals surface area contributed by atoms with Crippen molar-refractivity contribution in [3.8, 4) is 11.5 Å². The van der Waals surface area contributed by atoms with Crippen LogP contribution in [-0.4, -0.2) is 38.3 Å². The molecule has 162 valence electrons. The summed E-state index contributed by atoms with van der Waals surface area (Å²) in [5.41, 5.74) is 3.18. The molecule has 0 saturated heterocycles. The van der Waals surface area contributed by atoms with Crippen LogP contribution in [0, 0.1) is 0 Å². The number of ether oxygens (including phenoxy) is 2. The summed E-state index contributed by atoms with van der Waals surface area (Å²) in [5, 5.41) is 2.82. The molecule has 0 aliphatic carbocycles. The van der Waals surface area contributed by atoms with Gasteiger partial charge in [0.2, 0.25) is 11.8 Å². The number of hydrogen-bond donors (Lipinski definition) is 1. The number of nitrogens with one attached hydrogen (secondary N) is 1. The molecule has 0 saturated carbocycles. The molecular formula is C25H23N3O4. The summed E-state index contributed by atoms with van der Waals surface area (Å²) < 4.78 is 10.7. The Bertz CT molecular complexity index is 1150. The molecule has 1 aliphatic rings. The number of carbonyl (C=O) groups is 2. The van der Waals surface area contributed by atoms with Gasteiger partial charge in [0.15, 0.2) is 0 Å². The second-order valence-electron chi connectivity index (χ2n) is 7.16. The first-order valence-corrected chi connectivity index (χ1v) is 10.1. The molecule has 0 atom stereocenters. The summed E-state index contributed by atoms with van der Waals surface area (Å²) >= 11 is 0. The highest BCUT2D eigenvalue weighted by Crippen LogP contribution is 2.35. The summed E-state index contributed by atoms with van der Waals surface area (Å²) in [6.45, 7) is -0.172. The van der Waals surface area contributed by atoms with E-state index >= 15 is 0 Å². The van der Waals surface area contributed by atoms with Gasteiger partial charge in [-0.3, -0.25) is 14.6 Å². The van der Waals surface area contributed by atoms with Crippen LogP contribution >= 0.6 is 0 Å². The monoisotopic (exact) mass is 429 g/mol. The van der Waals surface area contributed by atoms with Crippen molar-refractivity contribution < 1.29 is 19.1 Å². The number of para-hydroxylation sites is 3. The van der Waals surface area contributed by atoms with Crippen molar-refractivity contribution in [2.45, 2.75) is 6.42 Å². The number of anilines is 2. The number of nitrogens with zero attached hydrogens (tertiary/aromatic N) is 2. The van der Waals surface area contributed by atoms with E-state index in [1.54, 1.807) is 24.3 Å². The van der Waals surface area contributed by atoms with E-state index in [1.165, 1.54) is 19.1 Å². The standard InChI is InChI=1S/C25H23N3O4/c1-31-21-13-8-14-22(32-2)25(21)27-23(29)16-28-20-12-7-6-11-18(20)26-19(15-24(28)30)17-9-4-3-5-10-17/h3-14H,15-16H2,1-2H3,(H,27,29). The maximum Gasteiger partial charge on any atom is 0.244 e. The second kappa shape index (κ2) is 9.34. The fraction of sp³-hybridized carbons (Fsp3) is 0.160. The molecule has 4 rings (SSSR count). The van der Waals surface area contributed by atoms with Gasteiger partial charge in [0, 0.05) is 0 Å². The average Bonchev–Trinajstić information content (AvgIpc) is 2.96. The molecule has 2 amide bonds. The van der Waals surface area contributed by atoms with Crippen LogP contribution < -0.4 is 19.7 Å². The predicted octanol–water partition coefficient (Wildman–Crippen LogP) is 4.20. The zero-order valence-corrected chi connectivity index (χ0v) is 17.9. The normalized spacial score (nSPS) is 13.0. The average molecular weight is 429 g/mol. The Morgan fingerprint density at radius 2 is 1.59 bits per heavy atom. The maximum absolute atomic E-state index is 13.2. The highest BCUT2D eigenvalue weighted by molar-refractivity contribution is 6.19. The zero-order chi connectivity index (χ0) is 22.5. The van der Waals surface area contributed by atoms with Crippen molar-refractivity contribution >= 4 is 34.6 Å². The van der Waals surface area contributed by atoms with Gasteiger partial charge in [-0.2, -0.15) is 0 Å². The Morgan fingerprint density at radius 1 is 0.938 bits per heavy atom. The van der Waals surface area contributed by atoms with Crippen molar-refractivity contribution in [3.05, 3.63) is 78.4 Å². The van der Waals surface area contributed by atoms with Crippen molar-refractivity contribution in [2.75, 3.05) is 31.0 Å². The molecule has 3 aromatic carbocycles. The lowest BCUT2D eigenvalue weighted by atomic mass is 10.1. The molecule has 7 heteroatoms. The topological polar surface area (TPSA) is 80.2 Å². The minimum atomic E-state index is -0.376. The molecule has 0 fully saturated rings. The van der Waals surface area contributed by atoms with E-state index in [9.17, 15) is 9.59 Å². The van der Waals surface area contributed by atoms with E-state index in [2.05, 4.69) is 5.32 Å². The summed E-state index contributed by atoms with van der Waals surface area (Å²) in [6, 6.07) is 22.1.